The Labute approximate surface area is 179 Å². The predicted octanol–water partition coefficient (Wildman–Crippen LogP) is 3.63. The largest absolute Gasteiger partial charge is 0.497 e. The van der Waals surface area contributed by atoms with Crippen LogP contribution in [-0.4, -0.2) is 40.6 Å². The van der Waals surface area contributed by atoms with Crippen LogP contribution >= 0.6 is 11.8 Å². The number of aromatic nitrogens is 3. The molecule has 0 aliphatic rings. The van der Waals surface area contributed by atoms with Crippen LogP contribution in [0.5, 0.6) is 17.2 Å². The van der Waals surface area contributed by atoms with Gasteiger partial charge in [-0.2, -0.15) is 0 Å². The van der Waals surface area contributed by atoms with E-state index in [-0.39, 0.29) is 18.3 Å². The van der Waals surface area contributed by atoms with E-state index in [0.717, 1.165) is 17.2 Å². The molecule has 3 rings (SSSR count). The van der Waals surface area contributed by atoms with Gasteiger partial charge in [0, 0.05) is 12.2 Å². The lowest BCUT2D eigenvalue weighted by molar-refractivity contribution is -0.113. The van der Waals surface area contributed by atoms with Gasteiger partial charge in [-0.25, -0.2) is 0 Å². The van der Waals surface area contributed by atoms with Gasteiger partial charge >= 0.3 is 0 Å². The molecule has 1 aromatic heterocycles. The summed E-state index contributed by atoms with van der Waals surface area (Å²) >= 11 is 1.33. The normalized spacial score (nSPS) is 10.5. The molecule has 30 heavy (non-hydrogen) atoms. The van der Waals surface area contributed by atoms with E-state index in [4.69, 9.17) is 14.2 Å². The van der Waals surface area contributed by atoms with Crippen molar-refractivity contribution in [2.45, 2.75) is 25.2 Å². The summed E-state index contributed by atoms with van der Waals surface area (Å²) in [4.78, 5) is 12.3. The van der Waals surface area contributed by atoms with E-state index in [1.807, 2.05) is 35.8 Å². The van der Waals surface area contributed by atoms with Crippen molar-refractivity contribution in [3.8, 4) is 17.2 Å². The number of rotatable bonds is 10. The molecule has 0 radical (unpaired) electrons. The molecule has 0 atom stereocenters. The fourth-order valence-electron chi connectivity index (χ4n) is 2.67. The molecule has 9 heteroatoms. The highest BCUT2D eigenvalue weighted by Crippen LogP contribution is 2.21. The lowest BCUT2D eigenvalue weighted by atomic mass is 10.3. The number of hydrogen-bond donors (Lipinski definition) is 1. The number of thioether (sulfide) groups is 1. The van der Waals surface area contributed by atoms with E-state index >= 15 is 0 Å². The first-order chi connectivity index (χ1) is 14.6. The molecule has 1 amide bonds. The number of nitrogens with one attached hydrogen (secondary N) is 1. The summed E-state index contributed by atoms with van der Waals surface area (Å²) < 4.78 is 18.0. The topological polar surface area (TPSA) is 87.5 Å². The summed E-state index contributed by atoms with van der Waals surface area (Å²) in [6, 6.07) is 14.5. The highest BCUT2D eigenvalue weighted by Gasteiger charge is 2.14. The van der Waals surface area contributed by atoms with Crippen LogP contribution in [0.25, 0.3) is 0 Å². The average Bonchev–Trinajstić information content (AvgIpc) is 3.19. The van der Waals surface area contributed by atoms with Gasteiger partial charge in [0.2, 0.25) is 5.91 Å². The summed E-state index contributed by atoms with van der Waals surface area (Å²) in [6.07, 6.45) is 0. The average molecular weight is 429 g/mol. The Bertz CT molecular complexity index is 958. The Morgan fingerprint density at radius 1 is 0.967 bits per heavy atom. The van der Waals surface area contributed by atoms with E-state index in [0.29, 0.717) is 23.2 Å². The van der Waals surface area contributed by atoms with E-state index < -0.39 is 0 Å². The van der Waals surface area contributed by atoms with E-state index in [2.05, 4.69) is 15.5 Å². The van der Waals surface area contributed by atoms with Crippen molar-refractivity contribution in [1.82, 2.24) is 14.8 Å². The number of methoxy groups -OCH3 is 2. The molecule has 3 aromatic rings. The van der Waals surface area contributed by atoms with Gasteiger partial charge in [-0.15, -0.1) is 10.2 Å². The van der Waals surface area contributed by atoms with Crippen molar-refractivity contribution < 1.29 is 19.0 Å². The third-order valence-electron chi connectivity index (χ3n) is 4.24. The number of anilines is 1. The molecule has 158 valence electrons. The summed E-state index contributed by atoms with van der Waals surface area (Å²) in [5.74, 6) is 3.03. The molecule has 0 bridgehead atoms. The highest BCUT2D eigenvalue weighted by molar-refractivity contribution is 7.99. The maximum Gasteiger partial charge on any atom is 0.234 e. The van der Waals surface area contributed by atoms with Crippen molar-refractivity contribution in [2.24, 2.45) is 0 Å². The highest BCUT2D eigenvalue weighted by atomic mass is 32.2. The number of amides is 1. The minimum absolute atomic E-state index is 0.119. The summed E-state index contributed by atoms with van der Waals surface area (Å²) in [5, 5.41) is 12.0. The zero-order valence-electron chi connectivity index (χ0n) is 17.1. The molecule has 8 nitrogen and oxygen atoms in total. The second-order valence-electron chi connectivity index (χ2n) is 6.17. The van der Waals surface area contributed by atoms with Gasteiger partial charge in [0.05, 0.1) is 20.0 Å². The fourth-order valence-corrected chi connectivity index (χ4v) is 3.49. The number of carbonyl (C=O) groups is 1. The third kappa shape index (κ3) is 5.66. The molecular formula is C21H24N4O4S. The van der Waals surface area contributed by atoms with Crippen LogP contribution in [0, 0.1) is 0 Å². The lowest BCUT2D eigenvalue weighted by Gasteiger charge is -2.09. The Balaban J connectivity index is 1.54. The van der Waals surface area contributed by atoms with Crippen molar-refractivity contribution in [1.29, 1.82) is 0 Å². The molecular weight excluding hydrogens is 404 g/mol. The first kappa shape index (κ1) is 21.5. The first-order valence-electron chi connectivity index (χ1n) is 9.38. The van der Waals surface area contributed by atoms with Crippen LogP contribution < -0.4 is 19.5 Å². The van der Waals surface area contributed by atoms with Crippen LogP contribution in [0.2, 0.25) is 0 Å². The summed E-state index contributed by atoms with van der Waals surface area (Å²) in [6.45, 7) is 2.96. The molecule has 1 N–H and O–H groups in total. The lowest BCUT2D eigenvalue weighted by Crippen LogP contribution is -2.14. The maximum absolute atomic E-state index is 12.3. The van der Waals surface area contributed by atoms with Crippen molar-refractivity contribution >= 4 is 23.4 Å². The molecule has 0 saturated heterocycles. The molecule has 2 aromatic carbocycles. The fraction of sp³-hybridized carbons (Fsp3) is 0.286. The molecule has 0 unspecified atom stereocenters. The van der Waals surface area contributed by atoms with Gasteiger partial charge in [-0.05, 0) is 55.5 Å². The van der Waals surface area contributed by atoms with Crippen molar-refractivity contribution in [3.05, 3.63) is 54.4 Å². The quantitative estimate of drug-likeness (QED) is 0.494. The van der Waals surface area contributed by atoms with Gasteiger partial charge in [-0.3, -0.25) is 4.79 Å². The molecule has 0 aliphatic carbocycles. The monoisotopic (exact) mass is 428 g/mol. The van der Waals surface area contributed by atoms with E-state index in [1.165, 1.54) is 11.8 Å². The summed E-state index contributed by atoms with van der Waals surface area (Å²) in [7, 11) is 3.22. The number of benzene rings is 2. The predicted molar refractivity (Wildman–Crippen MR) is 115 cm³/mol. The number of carbonyl (C=O) groups excluding carboxylic acids is 1. The molecule has 0 aliphatic heterocycles. The van der Waals surface area contributed by atoms with Gasteiger partial charge < -0.3 is 24.1 Å². The second-order valence-corrected chi connectivity index (χ2v) is 7.12. The van der Waals surface area contributed by atoms with Crippen LogP contribution in [0.3, 0.4) is 0 Å². The maximum atomic E-state index is 12.3. The van der Waals surface area contributed by atoms with E-state index in [9.17, 15) is 4.79 Å². The third-order valence-corrected chi connectivity index (χ3v) is 5.21. The molecule has 1 heterocycles. The zero-order valence-corrected chi connectivity index (χ0v) is 17.9. The van der Waals surface area contributed by atoms with Crippen LogP contribution in [-0.2, 0) is 17.9 Å². The Morgan fingerprint density at radius 2 is 1.57 bits per heavy atom. The van der Waals surface area contributed by atoms with Crippen molar-refractivity contribution in [3.63, 3.8) is 0 Å². The Kier molecular flexibility index (Phi) is 7.56. The number of ether oxygens (including phenoxy) is 3. The van der Waals surface area contributed by atoms with Crippen LogP contribution in [0.4, 0.5) is 5.69 Å². The zero-order chi connectivity index (χ0) is 21.3. The standard InChI is InChI=1S/C21H24N4O4S/c1-4-25-19(13-29-18-11-9-17(28-3)10-12-18)23-24-21(25)30-14-20(26)22-15-5-7-16(27-2)8-6-15/h5-12H,4,13-14H2,1-3H3,(H,22,26). The van der Waals surface area contributed by atoms with Crippen molar-refractivity contribution in [2.75, 3.05) is 25.3 Å². The van der Waals surface area contributed by atoms with Gasteiger partial charge in [-0.1, -0.05) is 11.8 Å². The minimum Gasteiger partial charge on any atom is -0.497 e. The Morgan fingerprint density at radius 3 is 2.17 bits per heavy atom. The minimum atomic E-state index is -0.119. The van der Waals surface area contributed by atoms with Crippen LogP contribution in [0.15, 0.2) is 53.7 Å². The Hall–Kier alpha value is -3.20. The second kappa shape index (κ2) is 10.5. The van der Waals surface area contributed by atoms with Gasteiger partial charge in [0.25, 0.3) is 0 Å². The number of hydrogen-bond acceptors (Lipinski definition) is 7. The smallest absolute Gasteiger partial charge is 0.234 e. The van der Waals surface area contributed by atoms with Gasteiger partial charge in [0.15, 0.2) is 11.0 Å². The van der Waals surface area contributed by atoms with Crippen LogP contribution in [0.1, 0.15) is 12.7 Å². The SMILES string of the molecule is CCn1c(COc2ccc(OC)cc2)nnc1SCC(=O)Nc1ccc(OC)cc1. The first-order valence-corrected chi connectivity index (χ1v) is 10.4. The van der Waals surface area contributed by atoms with Gasteiger partial charge in [0.1, 0.15) is 23.9 Å². The number of nitrogens with zero attached hydrogens (tertiary/aromatic N) is 3. The van der Waals surface area contributed by atoms with E-state index in [1.54, 1.807) is 38.5 Å². The molecule has 0 saturated carbocycles. The molecule has 0 fully saturated rings. The molecule has 0 spiro atoms. The summed E-state index contributed by atoms with van der Waals surface area (Å²) in [5.41, 5.74) is 0.715.